The third kappa shape index (κ3) is 4.14. The highest BCUT2D eigenvalue weighted by Gasteiger charge is 2.38. The van der Waals surface area contributed by atoms with Crippen LogP contribution in [0.15, 0.2) is 18.2 Å². The fraction of sp³-hybridized carbons (Fsp3) is 0.611. The van der Waals surface area contributed by atoms with E-state index in [1.54, 1.807) is 14.2 Å². The highest BCUT2D eigenvalue weighted by molar-refractivity contribution is 5.85. The van der Waals surface area contributed by atoms with Gasteiger partial charge < -0.3 is 20.1 Å². The molecule has 1 aromatic rings. The van der Waals surface area contributed by atoms with Crippen molar-refractivity contribution in [2.24, 2.45) is 11.7 Å². The highest BCUT2D eigenvalue weighted by atomic mass is 35.5. The van der Waals surface area contributed by atoms with E-state index in [1.807, 2.05) is 23.1 Å². The molecule has 1 amide bonds. The third-order valence-electron chi connectivity index (χ3n) is 4.92. The van der Waals surface area contributed by atoms with Crippen LogP contribution in [0.1, 0.15) is 37.7 Å². The van der Waals surface area contributed by atoms with Gasteiger partial charge in [-0.05, 0) is 50.3 Å². The number of nitrogens with two attached hydrogens (primary N) is 1. The predicted octanol–water partition coefficient (Wildman–Crippen LogP) is 2.74. The van der Waals surface area contributed by atoms with Crippen LogP contribution in [-0.2, 0) is 11.3 Å². The summed E-state index contributed by atoms with van der Waals surface area (Å²) in [5.41, 5.74) is 6.98. The van der Waals surface area contributed by atoms with Crippen LogP contribution in [0.4, 0.5) is 0 Å². The maximum absolute atomic E-state index is 12.9. The number of amides is 1. The Labute approximate surface area is 149 Å². The van der Waals surface area contributed by atoms with E-state index in [1.165, 1.54) is 0 Å². The average Bonchev–Trinajstić information content (AvgIpc) is 3.32. The van der Waals surface area contributed by atoms with Crippen LogP contribution in [0.2, 0.25) is 0 Å². The Morgan fingerprint density at radius 2 is 1.96 bits per heavy atom. The van der Waals surface area contributed by atoms with Crippen molar-refractivity contribution >= 4 is 18.3 Å². The number of ether oxygens (including phenoxy) is 2. The number of rotatable bonds is 6. The molecule has 0 aliphatic heterocycles. The van der Waals surface area contributed by atoms with Gasteiger partial charge in [0.15, 0.2) is 0 Å². The normalized spacial score (nSPS) is 22.6. The van der Waals surface area contributed by atoms with Crippen molar-refractivity contribution in [3.8, 4) is 11.5 Å². The van der Waals surface area contributed by atoms with Gasteiger partial charge in [0.25, 0.3) is 0 Å². The zero-order chi connectivity index (χ0) is 16.4. The summed E-state index contributed by atoms with van der Waals surface area (Å²) in [6, 6.07) is 6.28. The van der Waals surface area contributed by atoms with Gasteiger partial charge >= 0.3 is 0 Å². The van der Waals surface area contributed by atoms with Gasteiger partial charge in [0.2, 0.25) is 5.91 Å². The number of halogens is 1. The first-order chi connectivity index (χ1) is 11.1. The zero-order valence-corrected chi connectivity index (χ0v) is 15.2. The third-order valence-corrected chi connectivity index (χ3v) is 4.92. The molecule has 2 fully saturated rings. The zero-order valence-electron chi connectivity index (χ0n) is 14.4. The number of benzene rings is 1. The molecule has 6 heteroatoms. The molecule has 0 spiro atoms. The molecule has 0 saturated heterocycles. The lowest BCUT2D eigenvalue weighted by molar-refractivity contribution is -0.136. The molecule has 5 nitrogen and oxygen atoms in total. The number of methoxy groups -OCH3 is 2. The van der Waals surface area contributed by atoms with Crippen LogP contribution >= 0.6 is 12.4 Å². The first-order valence-electron chi connectivity index (χ1n) is 8.39. The SMILES string of the molecule is COc1ccc(OC)c(CN(C(=O)C2CCC(N)C2)C2CC2)c1.Cl. The van der Waals surface area contributed by atoms with Gasteiger partial charge in [-0.3, -0.25) is 4.79 Å². The Bertz CT molecular complexity index is 577. The standard InChI is InChI=1S/C18H26N2O3.ClH/c1-22-16-7-8-17(23-2)13(10-16)11-20(15-5-6-15)18(21)12-3-4-14(19)9-12;/h7-8,10,12,14-15H,3-6,9,11,19H2,1-2H3;1H. The molecule has 0 bridgehead atoms. The van der Waals surface area contributed by atoms with Gasteiger partial charge in [-0.15, -0.1) is 12.4 Å². The molecule has 2 unspecified atom stereocenters. The monoisotopic (exact) mass is 354 g/mol. The molecule has 0 aromatic heterocycles. The molecule has 3 rings (SSSR count). The molecule has 24 heavy (non-hydrogen) atoms. The maximum Gasteiger partial charge on any atom is 0.226 e. The molecular weight excluding hydrogens is 328 g/mol. The average molecular weight is 355 g/mol. The Balaban J connectivity index is 0.00000208. The van der Waals surface area contributed by atoms with Crippen LogP contribution in [-0.4, -0.2) is 37.1 Å². The molecule has 2 N–H and O–H groups in total. The van der Waals surface area contributed by atoms with E-state index in [2.05, 4.69) is 0 Å². The minimum absolute atomic E-state index is 0. The fourth-order valence-corrected chi connectivity index (χ4v) is 3.44. The van der Waals surface area contributed by atoms with E-state index in [0.717, 1.165) is 49.2 Å². The summed E-state index contributed by atoms with van der Waals surface area (Å²) < 4.78 is 10.8. The maximum atomic E-state index is 12.9. The van der Waals surface area contributed by atoms with E-state index in [9.17, 15) is 4.79 Å². The molecule has 1 aromatic carbocycles. The smallest absolute Gasteiger partial charge is 0.226 e. The Morgan fingerprint density at radius 3 is 2.50 bits per heavy atom. The Morgan fingerprint density at radius 1 is 1.21 bits per heavy atom. The van der Waals surface area contributed by atoms with Gasteiger partial charge in [0, 0.05) is 30.1 Å². The van der Waals surface area contributed by atoms with Crippen molar-refractivity contribution in [3.05, 3.63) is 23.8 Å². The summed E-state index contributed by atoms with van der Waals surface area (Å²) in [4.78, 5) is 15.0. The highest BCUT2D eigenvalue weighted by Crippen LogP contribution is 2.35. The van der Waals surface area contributed by atoms with Crippen LogP contribution < -0.4 is 15.2 Å². The second-order valence-corrected chi connectivity index (χ2v) is 6.65. The van der Waals surface area contributed by atoms with Crippen LogP contribution in [0.3, 0.4) is 0 Å². The van der Waals surface area contributed by atoms with Crippen molar-refractivity contribution in [1.29, 1.82) is 0 Å². The summed E-state index contributed by atoms with van der Waals surface area (Å²) in [7, 11) is 3.31. The summed E-state index contributed by atoms with van der Waals surface area (Å²) in [5, 5.41) is 0. The second-order valence-electron chi connectivity index (χ2n) is 6.65. The van der Waals surface area contributed by atoms with Crippen molar-refractivity contribution in [2.45, 2.75) is 50.7 Å². The lowest BCUT2D eigenvalue weighted by Crippen LogP contribution is -2.37. The summed E-state index contributed by atoms with van der Waals surface area (Å²) in [6.45, 7) is 0.579. The quantitative estimate of drug-likeness (QED) is 0.853. The van der Waals surface area contributed by atoms with Crippen LogP contribution in [0, 0.1) is 5.92 Å². The van der Waals surface area contributed by atoms with E-state index in [4.69, 9.17) is 15.2 Å². The predicted molar refractivity (Wildman–Crippen MR) is 95.7 cm³/mol. The number of carbonyl (C=O) groups excluding carboxylic acids is 1. The van der Waals surface area contributed by atoms with Crippen molar-refractivity contribution in [3.63, 3.8) is 0 Å². The summed E-state index contributed by atoms with van der Waals surface area (Å²) in [6.07, 6.45) is 4.88. The minimum atomic E-state index is 0. The first-order valence-corrected chi connectivity index (χ1v) is 8.39. The topological polar surface area (TPSA) is 64.8 Å². The second kappa shape index (κ2) is 8.08. The van der Waals surface area contributed by atoms with E-state index in [-0.39, 0.29) is 30.3 Å². The number of nitrogens with zero attached hydrogens (tertiary/aromatic N) is 1. The molecule has 2 aliphatic carbocycles. The molecule has 2 aliphatic rings. The molecular formula is C18H27ClN2O3. The minimum Gasteiger partial charge on any atom is -0.497 e. The first kappa shape index (κ1) is 18.9. The summed E-state index contributed by atoms with van der Waals surface area (Å²) in [5.74, 6) is 1.92. The van der Waals surface area contributed by atoms with Crippen molar-refractivity contribution in [2.75, 3.05) is 14.2 Å². The van der Waals surface area contributed by atoms with Gasteiger partial charge in [-0.2, -0.15) is 0 Å². The van der Waals surface area contributed by atoms with Gasteiger partial charge in [-0.25, -0.2) is 0 Å². The van der Waals surface area contributed by atoms with Gasteiger partial charge in [0.1, 0.15) is 11.5 Å². The molecule has 134 valence electrons. The molecule has 0 radical (unpaired) electrons. The van der Waals surface area contributed by atoms with E-state index < -0.39 is 0 Å². The number of hydrogen-bond donors (Lipinski definition) is 1. The Hall–Kier alpha value is -1.46. The van der Waals surface area contributed by atoms with Crippen molar-refractivity contribution in [1.82, 2.24) is 4.90 Å². The lowest BCUT2D eigenvalue weighted by atomic mass is 10.0. The fourth-order valence-electron chi connectivity index (χ4n) is 3.44. The molecule has 0 heterocycles. The summed E-state index contributed by atoms with van der Waals surface area (Å²) >= 11 is 0. The Kier molecular flexibility index (Phi) is 6.35. The number of carbonyl (C=O) groups is 1. The van der Waals surface area contributed by atoms with Gasteiger partial charge in [-0.1, -0.05) is 0 Å². The van der Waals surface area contributed by atoms with E-state index >= 15 is 0 Å². The van der Waals surface area contributed by atoms with Gasteiger partial charge in [0.05, 0.1) is 14.2 Å². The lowest BCUT2D eigenvalue weighted by Gasteiger charge is -2.26. The van der Waals surface area contributed by atoms with Crippen LogP contribution in [0.5, 0.6) is 11.5 Å². The molecule has 2 saturated carbocycles. The number of hydrogen-bond acceptors (Lipinski definition) is 4. The van der Waals surface area contributed by atoms with Crippen LogP contribution in [0.25, 0.3) is 0 Å². The van der Waals surface area contributed by atoms with E-state index in [0.29, 0.717) is 12.6 Å². The molecule has 2 atom stereocenters. The van der Waals surface area contributed by atoms with Crippen molar-refractivity contribution < 1.29 is 14.3 Å². The largest absolute Gasteiger partial charge is 0.497 e.